The third-order valence-corrected chi connectivity index (χ3v) is 3.40. The Kier molecular flexibility index (Phi) is 3.50. The van der Waals surface area contributed by atoms with E-state index in [1.807, 2.05) is 13.8 Å². The number of nitrogens with zero attached hydrogens (tertiary/aromatic N) is 2. The molecule has 1 aromatic heterocycles. The van der Waals surface area contributed by atoms with Crippen LogP contribution in [0.1, 0.15) is 41.6 Å². The standard InChI is InChI=1S/C10H16N4OS/c1-6(2)8-9(16-14-13-8)10(15)12-7-3-4-11-5-7/h6-7,11H,3-5H2,1-2H3,(H,12,15). The maximum Gasteiger partial charge on any atom is 0.265 e. The Morgan fingerprint density at radius 2 is 2.44 bits per heavy atom. The number of rotatable bonds is 3. The highest BCUT2D eigenvalue weighted by Crippen LogP contribution is 2.19. The Balaban J connectivity index is 2.05. The van der Waals surface area contributed by atoms with Gasteiger partial charge >= 0.3 is 0 Å². The normalized spacial score (nSPS) is 20.3. The van der Waals surface area contributed by atoms with Gasteiger partial charge in [0.25, 0.3) is 5.91 Å². The van der Waals surface area contributed by atoms with Crippen molar-refractivity contribution in [2.24, 2.45) is 0 Å². The van der Waals surface area contributed by atoms with Crippen LogP contribution in [0.4, 0.5) is 0 Å². The van der Waals surface area contributed by atoms with Gasteiger partial charge in [0.2, 0.25) is 0 Å². The Hall–Kier alpha value is -1.01. The first kappa shape index (κ1) is 11.5. The average Bonchev–Trinajstić information content (AvgIpc) is 2.86. The zero-order valence-corrected chi connectivity index (χ0v) is 10.3. The molecule has 1 aliphatic rings. The lowest BCUT2D eigenvalue weighted by Gasteiger charge is -2.11. The molecule has 0 spiro atoms. The zero-order chi connectivity index (χ0) is 11.5. The summed E-state index contributed by atoms with van der Waals surface area (Å²) in [4.78, 5) is 12.6. The minimum atomic E-state index is -0.0348. The van der Waals surface area contributed by atoms with Crippen LogP contribution in [-0.2, 0) is 0 Å². The number of nitrogens with one attached hydrogen (secondary N) is 2. The highest BCUT2D eigenvalue weighted by molar-refractivity contribution is 7.08. The van der Waals surface area contributed by atoms with Gasteiger partial charge in [0.05, 0.1) is 5.69 Å². The molecule has 16 heavy (non-hydrogen) atoms. The summed E-state index contributed by atoms with van der Waals surface area (Å²) in [6.07, 6.45) is 0.995. The molecule has 0 saturated carbocycles. The molecule has 1 atom stereocenters. The van der Waals surface area contributed by atoms with Gasteiger partial charge in [0.1, 0.15) is 4.88 Å². The fourth-order valence-electron chi connectivity index (χ4n) is 1.76. The molecule has 1 unspecified atom stereocenters. The second-order valence-electron chi connectivity index (χ2n) is 4.31. The topological polar surface area (TPSA) is 66.9 Å². The molecule has 1 amide bonds. The van der Waals surface area contributed by atoms with Gasteiger partial charge in [-0.05, 0) is 30.4 Å². The van der Waals surface area contributed by atoms with E-state index < -0.39 is 0 Å². The van der Waals surface area contributed by atoms with Crippen LogP contribution in [0.25, 0.3) is 0 Å². The van der Waals surface area contributed by atoms with Gasteiger partial charge in [-0.1, -0.05) is 18.3 Å². The highest BCUT2D eigenvalue weighted by Gasteiger charge is 2.22. The lowest BCUT2D eigenvalue weighted by molar-refractivity contribution is 0.0942. The molecule has 6 heteroatoms. The summed E-state index contributed by atoms with van der Waals surface area (Å²) in [6, 6.07) is 0.245. The van der Waals surface area contributed by atoms with Crippen molar-refractivity contribution in [1.82, 2.24) is 20.2 Å². The number of amides is 1. The van der Waals surface area contributed by atoms with Crippen molar-refractivity contribution in [3.63, 3.8) is 0 Å². The van der Waals surface area contributed by atoms with Crippen LogP contribution in [0.2, 0.25) is 0 Å². The molecular weight excluding hydrogens is 224 g/mol. The number of aromatic nitrogens is 2. The first-order valence-electron chi connectivity index (χ1n) is 5.52. The fraction of sp³-hybridized carbons (Fsp3) is 0.700. The maximum atomic E-state index is 12.0. The predicted molar refractivity (Wildman–Crippen MR) is 62.7 cm³/mol. The molecular formula is C10H16N4OS. The first-order valence-corrected chi connectivity index (χ1v) is 6.29. The van der Waals surface area contributed by atoms with E-state index in [9.17, 15) is 4.79 Å². The lowest BCUT2D eigenvalue weighted by atomic mass is 10.1. The third kappa shape index (κ3) is 2.38. The molecule has 0 radical (unpaired) electrons. The number of hydrogen-bond donors (Lipinski definition) is 2. The second kappa shape index (κ2) is 4.88. The molecule has 2 heterocycles. The molecule has 1 saturated heterocycles. The largest absolute Gasteiger partial charge is 0.347 e. The van der Waals surface area contributed by atoms with Crippen LogP contribution in [0.5, 0.6) is 0 Å². The summed E-state index contributed by atoms with van der Waals surface area (Å²) in [5.74, 6) is 0.202. The summed E-state index contributed by atoms with van der Waals surface area (Å²) in [7, 11) is 0. The van der Waals surface area contributed by atoms with Crippen molar-refractivity contribution in [2.75, 3.05) is 13.1 Å². The van der Waals surface area contributed by atoms with Crippen molar-refractivity contribution in [3.8, 4) is 0 Å². The smallest absolute Gasteiger partial charge is 0.265 e. The lowest BCUT2D eigenvalue weighted by Crippen LogP contribution is -2.36. The van der Waals surface area contributed by atoms with Gasteiger partial charge in [0.15, 0.2) is 0 Å². The molecule has 2 N–H and O–H groups in total. The van der Waals surface area contributed by atoms with E-state index in [1.165, 1.54) is 11.5 Å². The average molecular weight is 240 g/mol. The fourth-order valence-corrected chi connectivity index (χ4v) is 2.48. The van der Waals surface area contributed by atoms with Crippen molar-refractivity contribution < 1.29 is 4.79 Å². The van der Waals surface area contributed by atoms with Gasteiger partial charge in [-0.15, -0.1) is 5.10 Å². The molecule has 1 aliphatic heterocycles. The van der Waals surface area contributed by atoms with Crippen LogP contribution in [-0.4, -0.2) is 34.6 Å². The Bertz CT molecular complexity index is 371. The van der Waals surface area contributed by atoms with Crippen molar-refractivity contribution in [3.05, 3.63) is 10.6 Å². The monoisotopic (exact) mass is 240 g/mol. The van der Waals surface area contributed by atoms with E-state index in [4.69, 9.17) is 0 Å². The van der Waals surface area contributed by atoms with Gasteiger partial charge < -0.3 is 10.6 Å². The summed E-state index contributed by atoms with van der Waals surface area (Å²) >= 11 is 1.18. The quantitative estimate of drug-likeness (QED) is 0.818. The van der Waals surface area contributed by atoms with Gasteiger partial charge in [-0.3, -0.25) is 4.79 Å². The van der Waals surface area contributed by atoms with Gasteiger partial charge in [-0.2, -0.15) is 0 Å². The van der Waals surface area contributed by atoms with E-state index in [2.05, 4.69) is 20.2 Å². The van der Waals surface area contributed by atoms with Gasteiger partial charge in [-0.25, -0.2) is 0 Å². The van der Waals surface area contributed by atoms with Crippen LogP contribution in [0.15, 0.2) is 0 Å². The molecule has 88 valence electrons. The second-order valence-corrected chi connectivity index (χ2v) is 5.06. The van der Waals surface area contributed by atoms with Crippen LogP contribution in [0, 0.1) is 0 Å². The van der Waals surface area contributed by atoms with E-state index in [1.54, 1.807) is 0 Å². The maximum absolute atomic E-state index is 12.0. The molecule has 5 nitrogen and oxygen atoms in total. The van der Waals surface area contributed by atoms with E-state index in [-0.39, 0.29) is 17.9 Å². The summed E-state index contributed by atoms with van der Waals surface area (Å²) in [6.45, 7) is 5.87. The van der Waals surface area contributed by atoms with E-state index >= 15 is 0 Å². The molecule has 2 rings (SSSR count). The van der Waals surface area contributed by atoms with Gasteiger partial charge in [0, 0.05) is 12.6 Å². The zero-order valence-electron chi connectivity index (χ0n) is 9.49. The first-order chi connectivity index (χ1) is 7.68. The minimum Gasteiger partial charge on any atom is -0.347 e. The Morgan fingerprint density at radius 1 is 1.62 bits per heavy atom. The van der Waals surface area contributed by atoms with Crippen molar-refractivity contribution >= 4 is 17.4 Å². The summed E-state index contributed by atoms with van der Waals surface area (Å²) in [5, 5.41) is 10.2. The van der Waals surface area contributed by atoms with Crippen molar-refractivity contribution in [2.45, 2.75) is 32.2 Å². The summed E-state index contributed by atoms with van der Waals surface area (Å²) < 4.78 is 3.85. The number of carbonyl (C=O) groups excluding carboxylic acids is 1. The minimum absolute atomic E-state index is 0.0348. The summed E-state index contributed by atoms with van der Waals surface area (Å²) in [5.41, 5.74) is 0.799. The van der Waals surface area contributed by atoms with Crippen molar-refractivity contribution in [1.29, 1.82) is 0 Å². The van der Waals surface area contributed by atoms with Crippen LogP contribution in [0.3, 0.4) is 0 Å². The molecule has 1 fully saturated rings. The molecule has 0 bridgehead atoms. The van der Waals surface area contributed by atoms with Crippen LogP contribution >= 0.6 is 11.5 Å². The Labute approximate surface area is 98.8 Å². The molecule has 0 aromatic carbocycles. The number of carbonyl (C=O) groups is 1. The van der Waals surface area contributed by atoms with E-state index in [0.29, 0.717) is 4.88 Å². The Morgan fingerprint density at radius 3 is 3.06 bits per heavy atom. The third-order valence-electron chi connectivity index (χ3n) is 2.66. The SMILES string of the molecule is CC(C)c1nnsc1C(=O)NC1CCNC1. The molecule has 1 aromatic rings. The highest BCUT2D eigenvalue weighted by atomic mass is 32.1. The van der Waals surface area contributed by atoms with Crippen LogP contribution < -0.4 is 10.6 Å². The predicted octanol–water partition coefficient (Wildman–Crippen LogP) is 0.753. The number of hydrogen-bond acceptors (Lipinski definition) is 5. The van der Waals surface area contributed by atoms with E-state index in [0.717, 1.165) is 25.2 Å². The molecule has 0 aliphatic carbocycles.